The highest BCUT2D eigenvalue weighted by Gasteiger charge is 2.31. The lowest BCUT2D eigenvalue weighted by Crippen LogP contribution is -2.29. The number of aromatic nitrogens is 4. The van der Waals surface area contributed by atoms with Crippen molar-refractivity contribution in [3.05, 3.63) is 59.9 Å². The minimum atomic E-state index is -0.749. The predicted octanol–water partition coefficient (Wildman–Crippen LogP) is 2.16. The van der Waals surface area contributed by atoms with Crippen LogP contribution in [0.15, 0.2) is 42.7 Å². The fourth-order valence-electron chi connectivity index (χ4n) is 3.66. The van der Waals surface area contributed by atoms with Crippen LogP contribution in [0.2, 0.25) is 0 Å². The predicted molar refractivity (Wildman–Crippen MR) is 108 cm³/mol. The van der Waals surface area contributed by atoms with Crippen molar-refractivity contribution in [3.8, 4) is 11.1 Å². The molecule has 8 nitrogen and oxygen atoms in total. The van der Waals surface area contributed by atoms with Crippen molar-refractivity contribution < 1.29 is 18.4 Å². The summed E-state index contributed by atoms with van der Waals surface area (Å²) in [6.07, 6.45) is 1.69. The van der Waals surface area contributed by atoms with Crippen LogP contribution in [0, 0.1) is 17.6 Å². The zero-order valence-corrected chi connectivity index (χ0v) is 16.8. The summed E-state index contributed by atoms with van der Waals surface area (Å²) in [5.74, 6) is -2.01. The Bertz CT molecular complexity index is 1080. The van der Waals surface area contributed by atoms with Crippen molar-refractivity contribution in [2.45, 2.75) is 19.9 Å². The SMILES string of the molecule is CC(=O)NC[C@@H]1CC(=O)N(c2cc(F)c(-c3ccc(Cn4cnnn4)cc3)c(F)c2)C1. The van der Waals surface area contributed by atoms with Crippen molar-refractivity contribution in [2.75, 3.05) is 18.0 Å². The van der Waals surface area contributed by atoms with Gasteiger partial charge in [-0.25, -0.2) is 13.5 Å². The van der Waals surface area contributed by atoms with Gasteiger partial charge in [-0.3, -0.25) is 9.59 Å². The van der Waals surface area contributed by atoms with Gasteiger partial charge in [0.05, 0.1) is 12.1 Å². The van der Waals surface area contributed by atoms with Crippen LogP contribution in [-0.2, 0) is 16.1 Å². The monoisotopic (exact) mass is 426 g/mol. The van der Waals surface area contributed by atoms with Gasteiger partial charge in [0.15, 0.2) is 0 Å². The summed E-state index contributed by atoms with van der Waals surface area (Å²) in [6.45, 7) is 2.48. The van der Waals surface area contributed by atoms with Crippen molar-refractivity contribution in [1.29, 1.82) is 0 Å². The first-order valence-corrected chi connectivity index (χ1v) is 9.74. The molecule has 1 N–H and O–H groups in total. The van der Waals surface area contributed by atoms with Crippen LogP contribution < -0.4 is 10.2 Å². The standard InChI is InChI=1S/C21H20F2N6O2/c1-13(30)24-9-15-6-20(31)29(11-15)17-7-18(22)21(19(23)8-17)16-4-2-14(3-5-16)10-28-12-25-26-27-28/h2-5,7-8,12,15H,6,9-11H2,1H3,(H,24,30)/t15-/m0/s1. The first-order valence-electron chi connectivity index (χ1n) is 9.74. The summed E-state index contributed by atoms with van der Waals surface area (Å²) in [6, 6.07) is 9.11. The molecule has 31 heavy (non-hydrogen) atoms. The van der Waals surface area contributed by atoms with Crippen molar-refractivity contribution in [3.63, 3.8) is 0 Å². The number of carbonyl (C=O) groups excluding carboxylic acids is 2. The van der Waals surface area contributed by atoms with Gasteiger partial charge in [0.25, 0.3) is 0 Å². The van der Waals surface area contributed by atoms with E-state index in [4.69, 9.17) is 0 Å². The number of hydrogen-bond acceptors (Lipinski definition) is 5. The van der Waals surface area contributed by atoms with Crippen LogP contribution in [0.3, 0.4) is 0 Å². The Morgan fingerprint density at radius 1 is 1.19 bits per heavy atom. The fraction of sp³-hybridized carbons (Fsp3) is 0.286. The van der Waals surface area contributed by atoms with Crippen LogP contribution in [0.4, 0.5) is 14.5 Å². The Balaban J connectivity index is 1.52. The van der Waals surface area contributed by atoms with E-state index in [9.17, 15) is 18.4 Å². The number of halogens is 2. The third-order valence-electron chi connectivity index (χ3n) is 5.16. The number of rotatable bonds is 6. The number of amides is 2. The molecule has 160 valence electrons. The average Bonchev–Trinajstić information content (AvgIpc) is 3.36. The van der Waals surface area contributed by atoms with E-state index in [0.717, 1.165) is 5.56 Å². The third kappa shape index (κ3) is 4.57. The number of carbonyl (C=O) groups is 2. The molecule has 1 aliphatic heterocycles. The normalized spacial score (nSPS) is 16.0. The molecule has 3 aromatic rings. The van der Waals surface area contributed by atoms with E-state index in [1.165, 1.54) is 35.0 Å². The van der Waals surface area contributed by atoms with Gasteiger partial charge in [-0.15, -0.1) is 5.10 Å². The van der Waals surface area contributed by atoms with Crippen molar-refractivity contribution >= 4 is 17.5 Å². The molecule has 0 spiro atoms. The lowest BCUT2D eigenvalue weighted by atomic mass is 10.0. The fourth-order valence-corrected chi connectivity index (χ4v) is 3.66. The Labute approximate surface area is 176 Å². The summed E-state index contributed by atoms with van der Waals surface area (Å²) in [5.41, 5.74) is 1.28. The molecule has 0 saturated carbocycles. The van der Waals surface area contributed by atoms with Crippen LogP contribution in [0.25, 0.3) is 11.1 Å². The van der Waals surface area contributed by atoms with Crippen molar-refractivity contribution in [2.24, 2.45) is 5.92 Å². The van der Waals surface area contributed by atoms with Crippen LogP contribution in [0.5, 0.6) is 0 Å². The maximum absolute atomic E-state index is 14.9. The number of hydrogen-bond donors (Lipinski definition) is 1. The zero-order valence-electron chi connectivity index (χ0n) is 16.8. The molecule has 1 atom stereocenters. The second kappa shape index (κ2) is 8.58. The molecule has 2 aromatic carbocycles. The summed E-state index contributed by atoms with van der Waals surface area (Å²) >= 11 is 0. The summed E-state index contributed by atoms with van der Waals surface area (Å²) in [5, 5.41) is 13.6. The minimum absolute atomic E-state index is 0.102. The number of nitrogens with one attached hydrogen (secondary N) is 1. The van der Waals surface area contributed by atoms with Crippen molar-refractivity contribution in [1.82, 2.24) is 25.5 Å². The lowest BCUT2D eigenvalue weighted by Gasteiger charge is -2.18. The van der Waals surface area contributed by atoms with Gasteiger partial charge in [0.1, 0.15) is 18.0 Å². The van der Waals surface area contributed by atoms with Gasteiger partial charge in [-0.05, 0) is 33.7 Å². The Morgan fingerprint density at radius 3 is 2.52 bits per heavy atom. The minimum Gasteiger partial charge on any atom is -0.356 e. The van der Waals surface area contributed by atoms with Gasteiger partial charge in [0.2, 0.25) is 11.8 Å². The maximum atomic E-state index is 14.9. The van der Waals surface area contributed by atoms with E-state index in [1.54, 1.807) is 24.3 Å². The second-order valence-electron chi connectivity index (χ2n) is 7.50. The maximum Gasteiger partial charge on any atom is 0.227 e. The van der Waals surface area contributed by atoms with Gasteiger partial charge in [0, 0.05) is 38.0 Å². The Morgan fingerprint density at radius 2 is 1.90 bits per heavy atom. The van der Waals surface area contributed by atoms with E-state index in [1.807, 2.05) is 0 Å². The topological polar surface area (TPSA) is 93.0 Å². The van der Waals surface area contributed by atoms with E-state index in [-0.39, 0.29) is 35.4 Å². The molecule has 0 aliphatic carbocycles. The molecular weight excluding hydrogens is 406 g/mol. The van der Waals surface area contributed by atoms with E-state index in [0.29, 0.717) is 25.2 Å². The summed E-state index contributed by atoms with van der Waals surface area (Å²) < 4.78 is 31.3. The molecule has 2 heterocycles. The number of nitrogens with zero attached hydrogens (tertiary/aromatic N) is 5. The summed E-state index contributed by atoms with van der Waals surface area (Å²) in [4.78, 5) is 24.8. The Kier molecular flexibility index (Phi) is 5.70. The number of tetrazole rings is 1. The first-order chi connectivity index (χ1) is 14.9. The van der Waals surface area contributed by atoms with E-state index >= 15 is 0 Å². The second-order valence-corrected chi connectivity index (χ2v) is 7.50. The Hall–Kier alpha value is -3.69. The molecule has 0 unspecified atom stereocenters. The molecule has 0 bridgehead atoms. The lowest BCUT2D eigenvalue weighted by molar-refractivity contribution is -0.120. The first kappa shape index (κ1) is 20.6. The summed E-state index contributed by atoms with van der Waals surface area (Å²) in [7, 11) is 0. The molecule has 2 amide bonds. The average molecular weight is 426 g/mol. The molecule has 4 rings (SSSR count). The molecule has 1 fully saturated rings. The van der Waals surface area contributed by atoms with E-state index in [2.05, 4.69) is 20.8 Å². The van der Waals surface area contributed by atoms with Gasteiger partial charge >= 0.3 is 0 Å². The van der Waals surface area contributed by atoms with Crippen LogP contribution in [-0.4, -0.2) is 45.1 Å². The quantitative estimate of drug-likeness (QED) is 0.652. The van der Waals surface area contributed by atoms with Crippen LogP contribution >= 0.6 is 0 Å². The number of anilines is 1. The highest BCUT2D eigenvalue weighted by Crippen LogP contribution is 2.33. The highest BCUT2D eigenvalue weighted by atomic mass is 19.1. The molecule has 1 aromatic heterocycles. The molecule has 1 aliphatic rings. The smallest absolute Gasteiger partial charge is 0.227 e. The molecule has 0 radical (unpaired) electrons. The third-order valence-corrected chi connectivity index (χ3v) is 5.16. The van der Waals surface area contributed by atoms with Gasteiger partial charge in [-0.2, -0.15) is 0 Å². The van der Waals surface area contributed by atoms with Gasteiger partial charge < -0.3 is 10.2 Å². The zero-order chi connectivity index (χ0) is 22.0. The number of benzene rings is 2. The molecular formula is C21H20F2N6O2. The molecule has 10 heteroatoms. The highest BCUT2D eigenvalue weighted by molar-refractivity contribution is 5.96. The largest absolute Gasteiger partial charge is 0.356 e. The molecule has 1 saturated heterocycles. The van der Waals surface area contributed by atoms with E-state index < -0.39 is 11.6 Å². The van der Waals surface area contributed by atoms with Crippen LogP contribution in [0.1, 0.15) is 18.9 Å². The van der Waals surface area contributed by atoms with Gasteiger partial charge in [-0.1, -0.05) is 24.3 Å².